The van der Waals surface area contributed by atoms with Crippen LogP contribution < -0.4 is 0 Å². The topological polar surface area (TPSA) is 122 Å². The van der Waals surface area contributed by atoms with Crippen LogP contribution in [0.25, 0.3) is 0 Å². The quantitative estimate of drug-likeness (QED) is 0.534. The predicted molar refractivity (Wildman–Crippen MR) is 118 cm³/mol. The van der Waals surface area contributed by atoms with Gasteiger partial charge in [0.05, 0.1) is 25.4 Å². The van der Waals surface area contributed by atoms with Gasteiger partial charge < -0.3 is 19.7 Å². The lowest BCUT2D eigenvalue weighted by molar-refractivity contribution is -0.193. The van der Waals surface area contributed by atoms with E-state index in [1.54, 1.807) is 0 Å². The van der Waals surface area contributed by atoms with Gasteiger partial charge in [-0.25, -0.2) is 9.59 Å². The van der Waals surface area contributed by atoms with Crippen molar-refractivity contribution >= 4 is 11.9 Å². The molecule has 2 fully saturated rings. The number of carboxylic acid groups (broad SMARTS) is 2. The molecule has 38 heavy (non-hydrogen) atoms. The maximum absolute atomic E-state index is 10.6. The lowest BCUT2D eigenvalue weighted by Crippen LogP contribution is -2.51. The van der Waals surface area contributed by atoms with Gasteiger partial charge in [-0.15, -0.1) is 0 Å². The fourth-order valence-corrected chi connectivity index (χ4v) is 3.77. The highest BCUT2D eigenvalue weighted by Gasteiger charge is 2.43. The van der Waals surface area contributed by atoms with Crippen LogP contribution in [-0.4, -0.2) is 80.8 Å². The summed E-state index contributed by atoms with van der Waals surface area (Å²) in [6.45, 7) is 3.32. The number of hydrogen-bond donors (Lipinski definition) is 2. The van der Waals surface area contributed by atoms with Crippen LogP contribution in [0.4, 0.5) is 26.3 Å². The highest BCUT2D eigenvalue weighted by atomic mass is 19.4. The Balaban J connectivity index is 0.000000301. The molecule has 0 spiro atoms. The molecular weight excluding hydrogens is 528 g/mol. The third-order valence-corrected chi connectivity index (χ3v) is 5.46. The van der Waals surface area contributed by atoms with E-state index in [0.29, 0.717) is 12.6 Å². The molecule has 0 aromatic carbocycles. The number of aromatic nitrogens is 2. The molecule has 2 N–H and O–H groups in total. The third kappa shape index (κ3) is 10.2. The van der Waals surface area contributed by atoms with Crippen molar-refractivity contribution in [1.82, 2.24) is 14.9 Å². The van der Waals surface area contributed by atoms with Crippen molar-refractivity contribution in [3.05, 3.63) is 60.2 Å². The van der Waals surface area contributed by atoms with Gasteiger partial charge in [-0.2, -0.15) is 26.3 Å². The first-order valence-corrected chi connectivity index (χ1v) is 11.1. The molecule has 0 unspecified atom stereocenters. The molecule has 2 aliphatic rings. The molecular formula is C23H25F6N3O6. The number of morpholine rings is 1. The SMILES string of the molecule is O=C(O)C(F)(F)F.O=C(O)C(F)(F)F.c1cncc(CN2CCO[C@H]3[C@@H](OCc4ccncc4)CC[C@@H]32)c1. The molecule has 1 aliphatic carbocycles. The van der Waals surface area contributed by atoms with Gasteiger partial charge in [-0.1, -0.05) is 6.07 Å². The highest BCUT2D eigenvalue weighted by Crippen LogP contribution is 2.33. The Morgan fingerprint density at radius 2 is 1.55 bits per heavy atom. The number of alkyl halides is 6. The Bertz CT molecular complexity index is 986. The summed E-state index contributed by atoms with van der Waals surface area (Å²) in [7, 11) is 0. The van der Waals surface area contributed by atoms with Crippen molar-refractivity contribution in [2.24, 2.45) is 0 Å². The van der Waals surface area contributed by atoms with E-state index >= 15 is 0 Å². The van der Waals surface area contributed by atoms with Crippen LogP contribution in [0.15, 0.2) is 49.1 Å². The molecule has 2 aromatic heterocycles. The number of ether oxygens (including phenoxy) is 2. The Morgan fingerprint density at radius 1 is 0.947 bits per heavy atom. The zero-order valence-corrected chi connectivity index (χ0v) is 19.7. The summed E-state index contributed by atoms with van der Waals surface area (Å²) >= 11 is 0. The monoisotopic (exact) mass is 553 g/mol. The number of rotatable bonds is 5. The summed E-state index contributed by atoms with van der Waals surface area (Å²) in [5.74, 6) is -5.51. The average Bonchev–Trinajstić information content (AvgIpc) is 3.28. The number of hydrogen-bond acceptors (Lipinski definition) is 7. The Hall–Kier alpha value is -3.30. The summed E-state index contributed by atoms with van der Waals surface area (Å²) in [6.07, 6.45) is -0.222. The van der Waals surface area contributed by atoms with Crippen molar-refractivity contribution in [3.63, 3.8) is 0 Å². The maximum atomic E-state index is 10.6. The van der Waals surface area contributed by atoms with Crippen LogP contribution in [0.2, 0.25) is 0 Å². The zero-order valence-electron chi connectivity index (χ0n) is 19.7. The van der Waals surface area contributed by atoms with Crippen molar-refractivity contribution < 1.29 is 55.6 Å². The molecule has 210 valence electrons. The second-order valence-corrected chi connectivity index (χ2v) is 8.12. The van der Waals surface area contributed by atoms with Crippen LogP contribution in [0.1, 0.15) is 24.0 Å². The molecule has 3 atom stereocenters. The van der Waals surface area contributed by atoms with Crippen LogP contribution >= 0.6 is 0 Å². The number of pyridine rings is 2. The van der Waals surface area contributed by atoms with Crippen LogP contribution in [0.3, 0.4) is 0 Å². The number of nitrogens with zero attached hydrogens (tertiary/aromatic N) is 3. The van der Waals surface area contributed by atoms with E-state index in [2.05, 4.69) is 20.9 Å². The van der Waals surface area contributed by atoms with Gasteiger partial charge in [0, 0.05) is 43.9 Å². The molecule has 9 nitrogen and oxygen atoms in total. The zero-order chi connectivity index (χ0) is 28.3. The summed E-state index contributed by atoms with van der Waals surface area (Å²) in [4.78, 5) is 28.6. The van der Waals surface area contributed by atoms with E-state index in [1.807, 2.05) is 43.0 Å². The first-order chi connectivity index (χ1) is 17.8. The molecule has 15 heteroatoms. The smallest absolute Gasteiger partial charge is 0.475 e. The van der Waals surface area contributed by atoms with Gasteiger partial charge in [0.25, 0.3) is 0 Å². The normalized spacial score (nSPS) is 21.3. The maximum Gasteiger partial charge on any atom is 0.490 e. The van der Waals surface area contributed by atoms with Crippen LogP contribution in [0.5, 0.6) is 0 Å². The number of carboxylic acids is 2. The van der Waals surface area contributed by atoms with E-state index in [9.17, 15) is 26.3 Å². The van der Waals surface area contributed by atoms with Crippen LogP contribution in [-0.2, 0) is 32.2 Å². The molecule has 4 rings (SSSR count). The summed E-state index contributed by atoms with van der Waals surface area (Å²) in [5, 5.41) is 14.2. The van der Waals surface area contributed by atoms with Crippen molar-refractivity contribution in [3.8, 4) is 0 Å². The molecule has 0 amide bonds. The molecule has 3 heterocycles. The minimum absolute atomic E-state index is 0.178. The van der Waals surface area contributed by atoms with Gasteiger partial charge in [0.15, 0.2) is 0 Å². The first-order valence-electron chi connectivity index (χ1n) is 11.1. The highest BCUT2D eigenvalue weighted by molar-refractivity contribution is 5.73. The number of halogens is 6. The minimum Gasteiger partial charge on any atom is -0.475 e. The van der Waals surface area contributed by atoms with E-state index in [1.165, 1.54) is 5.56 Å². The fraction of sp³-hybridized carbons (Fsp3) is 0.478. The lowest BCUT2D eigenvalue weighted by Gasteiger charge is -2.39. The second kappa shape index (κ2) is 14.0. The largest absolute Gasteiger partial charge is 0.490 e. The number of fused-ring (bicyclic) bond motifs is 1. The molecule has 0 radical (unpaired) electrons. The molecule has 1 saturated heterocycles. The van der Waals surface area contributed by atoms with Gasteiger partial charge >= 0.3 is 24.3 Å². The van der Waals surface area contributed by atoms with Gasteiger partial charge in [-0.3, -0.25) is 14.9 Å². The predicted octanol–water partition coefficient (Wildman–Crippen LogP) is 3.69. The lowest BCUT2D eigenvalue weighted by atomic mass is 10.1. The van der Waals surface area contributed by atoms with E-state index < -0.39 is 24.3 Å². The first kappa shape index (κ1) is 30.9. The number of aliphatic carboxylic acids is 2. The molecule has 2 aromatic rings. The second-order valence-electron chi connectivity index (χ2n) is 8.12. The van der Waals surface area contributed by atoms with Crippen molar-refractivity contribution in [1.29, 1.82) is 0 Å². The van der Waals surface area contributed by atoms with Crippen molar-refractivity contribution in [2.45, 2.75) is 56.6 Å². The van der Waals surface area contributed by atoms with Gasteiger partial charge in [-0.05, 0) is 42.2 Å². The summed E-state index contributed by atoms with van der Waals surface area (Å²) in [6, 6.07) is 8.60. The molecule has 1 aliphatic heterocycles. The Kier molecular flexibility index (Phi) is 11.4. The Morgan fingerprint density at radius 3 is 2.08 bits per heavy atom. The van der Waals surface area contributed by atoms with E-state index in [4.69, 9.17) is 29.3 Å². The van der Waals surface area contributed by atoms with Gasteiger partial charge in [0.1, 0.15) is 0 Å². The Labute approximate surface area is 213 Å². The fourth-order valence-electron chi connectivity index (χ4n) is 3.77. The third-order valence-electron chi connectivity index (χ3n) is 5.46. The van der Waals surface area contributed by atoms with Crippen LogP contribution in [0, 0.1) is 0 Å². The van der Waals surface area contributed by atoms with E-state index in [-0.39, 0.29) is 12.2 Å². The minimum atomic E-state index is -5.08. The average molecular weight is 553 g/mol. The molecule has 1 saturated carbocycles. The van der Waals surface area contributed by atoms with E-state index in [0.717, 1.165) is 38.1 Å². The van der Waals surface area contributed by atoms with Crippen molar-refractivity contribution in [2.75, 3.05) is 13.2 Å². The molecule has 0 bridgehead atoms. The summed E-state index contributed by atoms with van der Waals surface area (Å²) in [5.41, 5.74) is 2.43. The van der Waals surface area contributed by atoms with Gasteiger partial charge in [0.2, 0.25) is 0 Å². The summed E-state index contributed by atoms with van der Waals surface area (Å²) < 4.78 is 75.7. The standard InChI is InChI=1S/C19H23N3O2.2C2HF3O2/c1-2-16(12-21-7-1)13-22-10-11-23-19-17(22)3-4-18(19)24-14-15-5-8-20-9-6-15;2*3-2(4,5)1(6)7/h1-2,5-9,12,17-19H,3-4,10-11,13-14H2;2*(H,6,7)/t17-,18-,19+;;/m0../s1. The number of carbonyl (C=O) groups is 2.